The lowest BCUT2D eigenvalue weighted by atomic mass is 10.2. The number of aromatic nitrogens is 2. The van der Waals surface area contributed by atoms with E-state index in [1.807, 2.05) is 21.1 Å². The monoisotopic (exact) mass is 282 g/mol. The minimum Gasteiger partial charge on any atom is -0.365 e. The second kappa shape index (κ2) is 5.67. The quantitative estimate of drug-likeness (QED) is 0.913. The van der Waals surface area contributed by atoms with Crippen LogP contribution in [0.5, 0.6) is 0 Å². The second-order valence-electron chi connectivity index (χ2n) is 4.20. The summed E-state index contributed by atoms with van der Waals surface area (Å²) in [5.74, 6) is 0. The van der Waals surface area contributed by atoms with Gasteiger partial charge in [0.05, 0.1) is 16.3 Å². The minimum absolute atomic E-state index is 0.951. The maximum Gasteiger partial charge on any atom is 0.185 e. The molecule has 0 aliphatic carbocycles. The van der Waals surface area contributed by atoms with Crippen LogP contribution in [-0.4, -0.2) is 31.1 Å². The predicted molar refractivity (Wildman–Crippen MR) is 81.1 cm³/mol. The van der Waals surface area contributed by atoms with Gasteiger partial charge in [0, 0.05) is 26.5 Å². The molecule has 98 valence electrons. The molecule has 4 nitrogen and oxygen atoms in total. The third kappa shape index (κ3) is 2.64. The van der Waals surface area contributed by atoms with Crippen LogP contribution in [0, 0.1) is 0 Å². The molecule has 0 aliphatic rings. The highest BCUT2D eigenvalue weighted by molar-refractivity contribution is 7.19. The first-order chi connectivity index (χ1) is 8.65. The smallest absolute Gasteiger partial charge is 0.185 e. The van der Waals surface area contributed by atoms with Crippen molar-refractivity contribution < 1.29 is 0 Å². The first kappa shape index (κ1) is 13.3. The van der Waals surface area contributed by atoms with Gasteiger partial charge in [-0.05, 0) is 6.42 Å². The Balaban J connectivity index is 2.40. The van der Waals surface area contributed by atoms with Gasteiger partial charge in [0.1, 0.15) is 0 Å². The van der Waals surface area contributed by atoms with Crippen LogP contribution in [0.4, 0.5) is 10.3 Å². The lowest BCUT2D eigenvalue weighted by Gasteiger charge is -2.05. The maximum atomic E-state index is 4.70. The summed E-state index contributed by atoms with van der Waals surface area (Å²) >= 11 is 3.35. The molecular formula is C12H18N4S2. The maximum absolute atomic E-state index is 4.70. The van der Waals surface area contributed by atoms with Crippen molar-refractivity contribution in [1.29, 1.82) is 0 Å². The summed E-state index contributed by atoms with van der Waals surface area (Å²) in [6, 6.07) is 0. The molecule has 0 saturated heterocycles. The Morgan fingerprint density at radius 2 is 2.11 bits per heavy atom. The Hall–Kier alpha value is -1.14. The lowest BCUT2D eigenvalue weighted by Crippen LogP contribution is -2.07. The van der Waals surface area contributed by atoms with Gasteiger partial charge in [-0.3, -0.25) is 0 Å². The van der Waals surface area contributed by atoms with Gasteiger partial charge in [0.15, 0.2) is 10.3 Å². The SMILES string of the molecule is CCCc1nc(N(C)C)sc1-c1csc(NC)n1. The highest BCUT2D eigenvalue weighted by atomic mass is 32.1. The van der Waals surface area contributed by atoms with E-state index in [-0.39, 0.29) is 0 Å². The topological polar surface area (TPSA) is 41.1 Å². The molecular weight excluding hydrogens is 264 g/mol. The van der Waals surface area contributed by atoms with E-state index in [0.717, 1.165) is 28.8 Å². The van der Waals surface area contributed by atoms with Crippen LogP contribution in [0.1, 0.15) is 19.0 Å². The molecule has 2 aromatic heterocycles. The summed E-state index contributed by atoms with van der Waals surface area (Å²) in [6.45, 7) is 2.18. The number of hydrogen-bond acceptors (Lipinski definition) is 6. The number of nitrogens with zero attached hydrogens (tertiary/aromatic N) is 3. The fourth-order valence-electron chi connectivity index (χ4n) is 1.63. The molecule has 1 N–H and O–H groups in total. The van der Waals surface area contributed by atoms with Gasteiger partial charge in [0.2, 0.25) is 0 Å². The normalized spacial score (nSPS) is 10.7. The zero-order valence-electron chi connectivity index (χ0n) is 11.1. The van der Waals surface area contributed by atoms with E-state index in [2.05, 4.69) is 27.5 Å². The van der Waals surface area contributed by atoms with E-state index in [4.69, 9.17) is 4.98 Å². The Labute approximate surface area is 116 Å². The zero-order valence-corrected chi connectivity index (χ0v) is 12.8. The standard InChI is InChI=1S/C12H18N4S2/c1-5-6-8-10(18-12(15-8)16(3)4)9-7-17-11(13-2)14-9/h7H,5-6H2,1-4H3,(H,13,14). The largest absolute Gasteiger partial charge is 0.365 e. The van der Waals surface area contributed by atoms with Gasteiger partial charge < -0.3 is 10.2 Å². The Morgan fingerprint density at radius 3 is 2.67 bits per heavy atom. The third-order valence-corrected chi connectivity index (χ3v) is 4.65. The van der Waals surface area contributed by atoms with Gasteiger partial charge in [-0.15, -0.1) is 11.3 Å². The number of nitrogens with one attached hydrogen (secondary N) is 1. The highest BCUT2D eigenvalue weighted by Crippen LogP contribution is 2.36. The van der Waals surface area contributed by atoms with E-state index in [0.29, 0.717) is 0 Å². The molecule has 0 bridgehead atoms. The molecule has 0 amide bonds. The van der Waals surface area contributed by atoms with Crippen LogP contribution < -0.4 is 10.2 Å². The Bertz CT molecular complexity index is 516. The van der Waals surface area contributed by atoms with Crippen molar-refractivity contribution in [3.05, 3.63) is 11.1 Å². The Kier molecular flexibility index (Phi) is 4.19. The van der Waals surface area contributed by atoms with Crippen LogP contribution in [0.3, 0.4) is 0 Å². The third-order valence-electron chi connectivity index (χ3n) is 2.51. The van der Waals surface area contributed by atoms with Crippen LogP contribution >= 0.6 is 22.7 Å². The summed E-state index contributed by atoms with van der Waals surface area (Å²) in [6.07, 6.45) is 2.11. The molecule has 0 radical (unpaired) electrons. The number of anilines is 2. The molecule has 0 spiro atoms. The van der Waals surface area contributed by atoms with Gasteiger partial charge in [-0.25, -0.2) is 9.97 Å². The van der Waals surface area contributed by atoms with Crippen LogP contribution in [0.25, 0.3) is 10.6 Å². The van der Waals surface area contributed by atoms with Crippen molar-refractivity contribution in [2.24, 2.45) is 0 Å². The summed E-state index contributed by atoms with van der Waals surface area (Å²) in [4.78, 5) is 12.5. The highest BCUT2D eigenvalue weighted by Gasteiger charge is 2.16. The molecule has 2 rings (SSSR count). The molecule has 0 unspecified atom stereocenters. The van der Waals surface area contributed by atoms with Gasteiger partial charge in [-0.1, -0.05) is 24.7 Å². The Morgan fingerprint density at radius 1 is 1.33 bits per heavy atom. The molecule has 0 fully saturated rings. The van der Waals surface area contributed by atoms with E-state index in [9.17, 15) is 0 Å². The van der Waals surface area contributed by atoms with Crippen LogP contribution in [0.2, 0.25) is 0 Å². The average Bonchev–Trinajstić information content (AvgIpc) is 2.94. The van der Waals surface area contributed by atoms with Gasteiger partial charge >= 0.3 is 0 Å². The molecule has 0 aromatic carbocycles. The zero-order chi connectivity index (χ0) is 13.1. The summed E-state index contributed by atoms with van der Waals surface area (Å²) < 4.78 is 0. The van der Waals surface area contributed by atoms with Crippen molar-refractivity contribution in [3.8, 4) is 10.6 Å². The number of rotatable bonds is 5. The molecule has 0 saturated carbocycles. The number of aryl methyl sites for hydroxylation is 1. The molecule has 2 aromatic rings. The van der Waals surface area contributed by atoms with E-state index in [1.165, 1.54) is 10.6 Å². The van der Waals surface area contributed by atoms with E-state index < -0.39 is 0 Å². The fourth-order valence-corrected chi connectivity index (χ4v) is 3.36. The summed E-state index contributed by atoms with van der Waals surface area (Å²) in [7, 11) is 5.95. The lowest BCUT2D eigenvalue weighted by molar-refractivity contribution is 0.889. The van der Waals surface area contributed by atoms with Crippen molar-refractivity contribution >= 4 is 32.9 Å². The van der Waals surface area contributed by atoms with Crippen molar-refractivity contribution in [3.63, 3.8) is 0 Å². The van der Waals surface area contributed by atoms with Gasteiger partial charge in [-0.2, -0.15) is 0 Å². The fraction of sp³-hybridized carbons (Fsp3) is 0.500. The second-order valence-corrected chi connectivity index (χ2v) is 6.04. The molecule has 2 heterocycles. The average molecular weight is 282 g/mol. The molecule has 0 atom stereocenters. The first-order valence-corrected chi connectivity index (χ1v) is 7.66. The first-order valence-electron chi connectivity index (χ1n) is 5.96. The van der Waals surface area contributed by atoms with Gasteiger partial charge in [0.25, 0.3) is 0 Å². The number of thiazole rings is 2. The summed E-state index contributed by atoms with van der Waals surface area (Å²) in [5, 5.41) is 7.17. The van der Waals surface area contributed by atoms with Crippen molar-refractivity contribution in [1.82, 2.24) is 9.97 Å². The number of hydrogen-bond donors (Lipinski definition) is 1. The summed E-state index contributed by atoms with van der Waals surface area (Å²) in [5.41, 5.74) is 2.21. The molecule has 0 aliphatic heterocycles. The molecule has 6 heteroatoms. The van der Waals surface area contributed by atoms with E-state index in [1.54, 1.807) is 22.7 Å². The van der Waals surface area contributed by atoms with Crippen LogP contribution in [0.15, 0.2) is 5.38 Å². The minimum atomic E-state index is 0.951. The van der Waals surface area contributed by atoms with Crippen LogP contribution in [-0.2, 0) is 6.42 Å². The van der Waals surface area contributed by atoms with E-state index >= 15 is 0 Å². The molecule has 18 heavy (non-hydrogen) atoms. The van der Waals surface area contributed by atoms with Crippen molar-refractivity contribution in [2.75, 3.05) is 31.4 Å². The van der Waals surface area contributed by atoms with Crippen molar-refractivity contribution in [2.45, 2.75) is 19.8 Å². The predicted octanol–water partition coefficient (Wildman–Crippen LogP) is 3.33.